The molecule has 118 valence electrons. The fourth-order valence-corrected chi connectivity index (χ4v) is 2.57. The topological polar surface area (TPSA) is 63.9 Å². The Hall–Kier alpha value is -2.75. The summed E-state index contributed by atoms with van der Waals surface area (Å²) in [7, 11) is 0. The summed E-state index contributed by atoms with van der Waals surface area (Å²) < 4.78 is 6.03. The van der Waals surface area contributed by atoms with Gasteiger partial charge in [-0.1, -0.05) is 49.7 Å². The van der Waals surface area contributed by atoms with Gasteiger partial charge < -0.3 is 10.5 Å². The number of nitrogen functional groups attached to an aromatic ring is 1. The molecule has 1 aromatic heterocycles. The molecule has 0 bridgehead atoms. The van der Waals surface area contributed by atoms with Gasteiger partial charge in [-0.15, -0.1) is 0 Å². The summed E-state index contributed by atoms with van der Waals surface area (Å²) in [6, 6.07) is 18.3. The van der Waals surface area contributed by atoms with Crippen molar-refractivity contribution in [3.05, 3.63) is 65.7 Å². The van der Waals surface area contributed by atoms with Crippen molar-refractivity contribution < 1.29 is 4.74 Å². The second kappa shape index (κ2) is 7.01. The van der Waals surface area contributed by atoms with Crippen LogP contribution in [0.15, 0.2) is 54.6 Å². The van der Waals surface area contributed by atoms with E-state index in [0.717, 1.165) is 35.4 Å². The van der Waals surface area contributed by atoms with Gasteiger partial charge in [0, 0.05) is 11.6 Å². The van der Waals surface area contributed by atoms with E-state index in [1.807, 2.05) is 30.3 Å². The van der Waals surface area contributed by atoms with Crippen LogP contribution >= 0.6 is 0 Å². The van der Waals surface area contributed by atoms with Crippen molar-refractivity contribution in [1.29, 1.82) is 0 Å². The quantitative estimate of drug-likeness (QED) is 0.717. The highest BCUT2D eigenvalue weighted by molar-refractivity contribution is 5.69. The van der Waals surface area contributed by atoms with Gasteiger partial charge in [0.25, 0.3) is 0 Å². The van der Waals surface area contributed by atoms with Crippen LogP contribution in [0.25, 0.3) is 11.3 Å². The van der Waals surface area contributed by atoms with Crippen molar-refractivity contribution in [3.8, 4) is 17.0 Å². The number of rotatable bonds is 6. The molecular formula is C19H21N3O. The summed E-state index contributed by atoms with van der Waals surface area (Å²) in [6.45, 7) is 2.71. The number of benzene rings is 2. The molecule has 3 N–H and O–H groups in total. The molecule has 0 saturated heterocycles. The number of nitrogens with one attached hydrogen (secondary N) is 1. The Morgan fingerprint density at radius 1 is 1.04 bits per heavy atom. The molecule has 0 aliphatic heterocycles. The lowest BCUT2D eigenvalue weighted by atomic mass is 10.0. The number of aromatic amines is 1. The first-order valence-electron chi connectivity index (χ1n) is 7.87. The van der Waals surface area contributed by atoms with Crippen molar-refractivity contribution in [2.45, 2.75) is 26.4 Å². The van der Waals surface area contributed by atoms with Crippen LogP contribution in [0.5, 0.6) is 5.75 Å². The lowest BCUT2D eigenvalue weighted by Crippen LogP contribution is -1.98. The number of anilines is 1. The molecule has 0 aliphatic carbocycles. The minimum Gasteiger partial charge on any atom is -0.488 e. The first kappa shape index (κ1) is 15.2. The van der Waals surface area contributed by atoms with Crippen molar-refractivity contribution in [2.75, 3.05) is 5.73 Å². The first-order chi connectivity index (χ1) is 11.3. The van der Waals surface area contributed by atoms with E-state index in [9.17, 15) is 0 Å². The van der Waals surface area contributed by atoms with Crippen molar-refractivity contribution in [1.82, 2.24) is 10.2 Å². The standard InChI is InChI=1S/C19H21N3O/c1-2-6-14-9-10-18(23-13-15-7-4-3-5-8-15)16(11-14)17-12-19(20)22-21-17/h3-5,7-12H,2,6,13H2,1H3,(H3,20,21,22). The Morgan fingerprint density at radius 3 is 2.57 bits per heavy atom. The van der Waals surface area contributed by atoms with Gasteiger partial charge in [-0.3, -0.25) is 5.10 Å². The van der Waals surface area contributed by atoms with Crippen LogP contribution in [-0.4, -0.2) is 10.2 Å². The zero-order valence-corrected chi connectivity index (χ0v) is 13.3. The van der Waals surface area contributed by atoms with Crippen molar-refractivity contribution in [3.63, 3.8) is 0 Å². The Labute approximate surface area is 136 Å². The van der Waals surface area contributed by atoms with E-state index in [0.29, 0.717) is 12.4 Å². The summed E-state index contributed by atoms with van der Waals surface area (Å²) in [5.74, 6) is 1.31. The average molecular weight is 307 g/mol. The van der Waals surface area contributed by atoms with Gasteiger partial charge in [0.15, 0.2) is 0 Å². The maximum atomic E-state index is 6.03. The van der Waals surface area contributed by atoms with Crippen molar-refractivity contribution >= 4 is 5.82 Å². The van der Waals surface area contributed by atoms with Gasteiger partial charge >= 0.3 is 0 Å². The van der Waals surface area contributed by atoms with Crippen LogP contribution in [0, 0.1) is 0 Å². The van der Waals surface area contributed by atoms with E-state index in [-0.39, 0.29) is 0 Å². The van der Waals surface area contributed by atoms with Gasteiger partial charge in [-0.2, -0.15) is 5.10 Å². The lowest BCUT2D eigenvalue weighted by Gasteiger charge is -2.12. The Morgan fingerprint density at radius 2 is 1.87 bits per heavy atom. The van der Waals surface area contributed by atoms with E-state index in [1.54, 1.807) is 0 Å². The van der Waals surface area contributed by atoms with Crippen molar-refractivity contribution in [2.24, 2.45) is 0 Å². The molecule has 0 spiro atoms. The molecular weight excluding hydrogens is 286 g/mol. The number of aromatic nitrogens is 2. The summed E-state index contributed by atoms with van der Waals surface area (Å²) in [6.07, 6.45) is 2.14. The molecule has 1 heterocycles. The largest absolute Gasteiger partial charge is 0.488 e. The minimum absolute atomic E-state index is 0.481. The van der Waals surface area contributed by atoms with Crippen LogP contribution in [-0.2, 0) is 13.0 Å². The molecule has 0 aliphatic rings. The third-order valence-electron chi connectivity index (χ3n) is 3.71. The lowest BCUT2D eigenvalue weighted by molar-refractivity contribution is 0.307. The Kier molecular flexibility index (Phi) is 4.62. The van der Waals surface area contributed by atoms with E-state index < -0.39 is 0 Å². The van der Waals surface area contributed by atoms with Crippen LogP contribution in [0.2, 0.25) is 0 Å². The number of hydrogen-bond acceptors (Lipinski definition) is 3. The second-order valence-electron chi connectivity index (χ2n) is 5.56. The fourth-order valence-electron chi connectivity index (χ4n) is 2.57. The molecule has 3 rings (SSSR count). The second-order valence-corrected chi connectivity index (χ2v) is 5.56. The summed E-state index contributed by atoms with van der Waals surface area (Å²) in [5.41, 5.74) is 10.0. The van der Waals surface area contributed by atoms with Gasteiger partial charge in [-0.05, 0) is 29.7 Å². The minimum atomic E-state index is 0.481. The Balaban J connectivity index is 1.89. The molecule has 2 aromatic carbocycles. The van der Waals surface area contributed by atoms with Crippen LogP contribution in [0.3, 0.4) is 0 Å². The number of nitrogens with zero attached hydrogens (tertiary/aromatic N) is 1. The third-order valence-corrected chi connectivity index (χ3v) is 3.71. The van der Waals surface area contributed by atoms with Gasteiger partial charge in [-0.25, -0.2) is 0 Å². The molecule has 0 saturated carbocycles. The molecule has 23 heavy (non-hydrogen) atoms. The van der Waals surface area contributed by atoms with Crippen LogP contribution < -0.4 is 10.5 Å². The van der Waals surface area contributed by atoms with E-state index in [4.69, 9.17) is 10.5 Å². The Bertz CT molecular complexity index is 765. The molecule has 0 amide bonds. The third kappa shape index (κ3) is 3.72. The van der Waals surface area contributed by atoms with Crippen LogP contribution in [0.1, 0.15) is 24.5 Å². The highest BCUT2D eigenvalue weighted by atomic mass is 16.5. The molecule has 0 unspecified atom stereocenters. The maximum Gasteiger partial charge on any atom is 0.145 e. The molecule has 0 fully saturated rings. The number of nitrogens with two attached hydrogens (primary N) is 1. The predicted molar refractivity (Wildman–Crippen MR) is 93.2 cm³/mol. The molecule has 4 heteroatoms. The SMILES string of the molecule is CCCc1ccc(OCc2ccccc2)c(-c2cc(N)n[nH]2)c1. The van der Waals surface area contributed by atoms with Crippen LogP contribution in [0.4, 0.5) is 5.82 Å². The zero-order valence-electron chi connectivity index (χ0n) is 13.3. The van der Waals surface area contributed by atoms with E-state index in [2.05, 4.69) is 41.4 Å². The number of ether oxygens (including phenoxy) is 1. The molecule has 0 radical (unpaired) electrons. The summed E-state index contributed by atoms with van der Waals surface area (Å²) in [5, 5.41) is 7.00. The molecule has 4 nitrogen and oxygen atoms in total. The zero-order chi connectivity index (χ0) is 16.1. The van der Waals surface area contributed by atoms with Gasteiger partial charge in [0.1, 0.15) is 18.2 Å². The maximum absolute atomic E-state index is 6.03. The number of hydrogen-bond donors (Lipinski definition) is 2. The first-order valence-corrected chi connectivity index (χ1v) is 7.87. The normalized spacial score (nSPS) is 10.7. The summed E-state index contributed by atoms with van der Waals surface area (Å²) in [4.78, 5) is 0. The average Bonchev–Trinajstić information content (AvgIpc) is 3.01. The van der Waals surface area contributed by atoms with E-state index >= 15 is 0 Å². The fraction of sp³-hybridized carbons (Fsp3) is 0.211. The van der Waals surface area contributed by atoms with E-state index in [1.165, 1.54) is 5.56 Å². The van der Waals surface area contributed by atoms with Gasteiger partial charge in [0.2, 0.25) is 0 Å². The molecule has 0 atom stereocenters. The number of aryl methyl sites for hydroxylation is 1. The van der Waals surface area contributed by atoms with Gasteiger partial charge in [0.05, 0.1) is 5.69 Å². The number of H-pyrrole nitrogens is 1. The smallest absolute Gasteiger partial charge is 0.145 e. The monoisotopic (exact) mass is 307 g/mol. The highest BCUT2D eigenvalue weighted by Gasteiger charge is 2.10. The molecule has 3 aromatic rings. The predicted octanol–water partition coefficient (Wildman–Crippen LogP) is 4.19. The highest BCUT2D eigenvalue weighted by Crippen LogP contribution is 2.31. The summed E-state index contributed by atoms with van der Waals surface area (Å²) >= 11 is 0.